The smallest absolute Gasteiger partial charge is 0.406 e. The first-order chi connectivity index (χ1) is 17.0. The Morgan fingerprint density at radius 1 is 0.972 bits per heavy atom. The first-order valence-corrected chi connectivity index (χ1v) is 11.1. The molecule has 1 saturated heterocycles. The van der Waals surface area contributed by atoms with E-state index in [1.54, 1.807) is 31.2 Å². The van der Waals surface area contributed by atoms with Crippen LogP contribution in [0, 0.1) is 12.8 Å². The highest BCUT2D eigenvalue weighted by Crippen LogP contribution is 2.41. The molecule has 7 nitrogen and oxygen atoms in total. The molecule has 10 heteroatoms. The Bertz CT molecular complexity index is 1290. The molecular formula is C26H22F3N3O4. The zero-order valence-corrected chi connectivity index (χ0v) is 19.6. The molecule has 1 fully saturated rings. The zero-order chi connectivity index (χ0) is 26.2. The molecule has 2 atom stereocenters. The van der Waals surface area contributed by atoms with Crippen LogP contribution in [0.25, 0.3) is 0 Å². The van der Waals surface area contributed by atoms with E-state index >= 15 is 0 Å². The molecule has 2 unspecified atom stereocenters. The fraction of sp³-hybridized carbons (Fsp3) is 0.269. The summed E-state index contributed by atoms with van der Waals surface area (Å²) in [5, 5.41) is 0. The molecule has 3 aromatic rings. The minimum absolute atomic E-state index is 0.0463. The van der Waals surface area contributed by atoms with Crippen molar-refractivity contribution in [3.05, 3.63) is 83.3 Å². The van der Waals surface area contributed by atoms with Crippen LogP contribution < -0.4 is 9.64 Å². The van der Waals surface area contributed by atoms with E-state index in [1.807, 2.05) is 13.8 Å². The lowest BCUT2D eigenvalue weighted by Crippen LogP contribution is -2.31. The SMILES string of the molecule is Cc1cnc(N2C(=O)C(=O)C(C(=O)c3ccc(C(C)C)cc3)C2c2ccc(OC(F)(F)F)cc2)cn1. The van der Waals surface area contributed by atoms with Gasteiger partial charge in [-0.2, -0.15) is 0 Å². The van der Waals surface area contributed by atoms with Crippen molar-refractivity contribution in [1.29, 1.82) is 0 Å². The maximum Gasteiger partial charge on any atom is 0.573 e. The Kier molecular flexibility index (Phi) is 6.62. The number of hydrogen-bond donors (Lipinski definition) is 0. The molecule has 1 aliphatic heterocycles. The molecule has 2 heterocycles. The van der Waals surface area contributed by atoms with Gasteiger partial charge in [-0.3, -0.25) is 24.3 Å². The first kappa shape index (κ1) is 25.0. The number of amides is 1. The number of benzene rings is 2. The summed E-state index contributed by atoms with van der Waals surface area (Å²) in [5.74, 6) is -4.10. The van der Waals surface area contributed by atoms with Gasteiger partial charge in [0.15, 0.2) is 11.6 Å². The lowest BCUT2D eigenvalue weighted by atomic mass is 9.86. The summed E-state index contributed by atoms with van der Waals surface area (Å²) >= 11 is 0. The van der Waals surface area contributed by atoms with Crippen molar-refractivity contribution >= 4 is 23.3 Å². The molecule has 0 aliphatic carbocycles. The normalized spacial score (nSPS) is 18.1. The van der Waals surface area contributed by atoms with Crippen LogP contribution in [0.2, 0.25) is 0 Å². The number of halogens is 3. The van der Waals surface area contributed by atoms with E-state index < -0.39 is 41.5 Å². The quantitative estimate of drug-likeness (QED) is 0.272. The standard InChI is InChI=1S/C26H22F3N3O4/c1-14(2)16-4-6-18(7-5-16)23(33)21-22(17-8-10-19(11-9-17)36-26(27,28)29)32(25(35)24(21)34)20-13-30-15(3)12-31-20/h4-14,21-22H,1-3H3. The van der Waals surface area contributed by atoms with Gasteiger partial charge >= 0.3 is 6.36 Å². The van der Waals surface area contributed by atoms with Gasteiger partial charge in [-0.15, -0.1) is 13.2 Å². The number of carbonyl (C=O) groups excluding carboxylic acids is 3. The number of alkyl halides is 3. The molecule has 0 bridgehead atoms. The molecule has 4 rings (SSSR count). The van der Waals surface area contributed by atoms with E-state index in [9.17, 15) is 27.6 Å². The lowest BCUT2D eigenvalue weighted by molar-refractivity contribution is -0.274. The number of anilines is 1. The van der Waals surface area contributed by atoms with Crippen molar-refractivity contribution < 1.29 is 32.3 Å². The van der Waals surface area contributed by atoms with Crippen LogP contribution in [0.15, 0.2) is 60.9 Å². The number of hydrogen-bond acceptors (Lipinski definition) is 6. The third kappa shape index (κ3) is 4.98. The van der Waals surface area contributed by atoms with Crippen molar-refractivity contribution in [3.8, 4) is 5.75 Å². The van der Waals surface area contributed by atoms with Crippen molar-refractivity contribution in [2.75, 3.05) is 4.90 Å². The second-order valence-corrected chi connectivity index (χ2v) is 8.74. The first-order valence-electron chi connectivity index (χ1n) is 11.1. The Balaban J connectivity index is 1.78. The van der Waals surface area contributed by atoms with Gasteiger partial charge in [-0.25, -0.2) is 4.98 Å². The summed E-state index contributed by atoms with van der Waals surface area (Å²) in [5.41, 5.74) is 2.07. The average Bonchev–Trinajstić information content (AvgIpc) is 3.09. The highest BCUT2D eigenvalue weighted by molar-refractivity contribution is 6.48. The van der Waals surface area contributed by atoms with Gasteiger partial charge in [0.1, 0.15) is 11.7 Å². The van der Waals surface area contributed by atoms with Crippen LogP contribution in [-0.2, 0) is 9.59 Å². The number of aryl methyl sites for hydroxylation is 1. The summed E-state index contributed by atoms with van der Waals surface area (Å²) in [7, 11) is 0. The number of ketones is 2. The Hall–Kier alpha value is -4.08. The Labute approximate surface area is 204 Å². The molecule has 0 N–H and O–H groups in total. The van der Waals surface area contributed by atoms with Gasteiger partial charge in [0.25, 0.3) is 5.91 Å². The molecule has 0 radical (unpaired) electrons. The minimum atomic E-state index is -4.88. The molecule has 0 saturated carbocycles. The predicted molar refractivity (Wildman–Crippen MR) is 123 cm³/mol. The zero-order valence-electron chi connectivity index (χ0n) is 19.6. The maximum atomic E-state index is 13.5. The number of ether oxygens (including phenoxy) is 1. The van der Waals surface area contributed by atoms with Gasteiger partial charge < -0.3 is 4.74 Å². The predicted octanol–water partition coefficient (Wildman–Crippen LogP) is 4.96. The fourth-order valence-electron chi connectivity index (χ4n) is 4.11. The van der Waals surface area contributed by atoms with E-state index in [0.29, 0.717) is 5.69 Å². The van der Waals surface area contributed by atoms with Crippen LogP contribution >= 0.6 is 0 Å². The Morgan fingerprint density at radius 3 is 2.14 bits per heavy atom. The fourth-order valence-corrected chi connectivity index (χ4v) is 4.11. The van der Waals surface area contributed by atoms with Gasteiger partial charge in [0.2, 0.25) is 5.78 Å². The van der Waals surface area contributed by atoms with Crippen molar-refractivity contribution in [1.82, 2.24) is 9.97 Å². The minimum Gasteiger partial charge on any atom is -0.406 e. The van der Waals surface area contributed by atoms with E-state index in [1.165, 1.54) is 24.5 Å². The molecule has 1 aliphatic rings. The Morgan fingerprint density at radius 2 is 1.61 bits per heavy atom. The summed E-state index contributed by atoms with van der Waals surface area (Å²) in [4.78, 5) is 49.2. The lowest BCUT2D eigenvalue weighted by Gasteiger charge is -2.26. The number of carbonyl (C=O) groups is 3. The van der Waals surface area contributed by atoms with Crippen molar-refractivity contribution in [2.45, 2.75) is 39.1 Å². The highest BCUT2D eigenvalue weighted by atomic mass is 19.4. The summed E-state index contributed by atoms with van der Waals surface area (Å²) in [6.45, 7) is 5.69. The summed E-state index contributed by atoms with van der Waals surface area (Å²) in [6.07, 6.45) is -2.17. The maximum absolute atomic E-state index is 13.5. The summed E-state index contributed by atoms with van der Waals surface area (Å²) in [6, 6.07) is 10.3. The third-order valence-corrected chi connectivity index (χ3v) is 5.92. The van der Waals surface area contributed by atoms with E-state index in [2.05, 4.69) is 14.7 Å². The molecule has 186 valence electrons. The summed E-state index contributed by atoms with van der Waals surface area (Å²) < 4.78 is 41.8. The van der Waals surface area contributed by atoms with Crippen molar-refractivity contribution in [2.24, 2.45) is 5.92 Å². The number of aromatic nitrogens is 2. The van der Waals surface area contributed by atoms with Gasteiger partial charge in [0.05, 0.1) is 24.1 Å². The number of Topliss-reactive ketones (excluding diaryl/α,β-unsaturated/α-hetero) is 2. The second kappa shape index (κ2) is 9.52. The van der Waals surface area contributed by atoms with Crippen LogP contribution in [0.1, 0.15) is 53.0 Å². The molecular weight excluding hydrogens is 475 g/mol. The van der Waals surface area contributed by atoms with Gasteiger partial charge in [0, 0.05) is 5.56 Å². The van der Waals surface area contributed by atoms with Crippen LogP contribution in [0.3, 0.4) is 0 Å². The molecule has 2 aromatic carbocycles. The highest BCUT2D eigenvalue weighted by Gasteiger charge is 2.53. The van der Waals surface area contributed by atoms with Crippen LogP contribution in [0.4, 0.5) is 19.0 Å². The van der Waals surface area contributed by atoms with Gasteiger partial charge in [-0.1, -0.05) is 50.2 Å². The van der Waals surface area contributed by atoms with E-state index in [0.717, 1.165) is 22.6 Å². The van der Waals surface area contributed by atoms with Gasteiger partial charge in [-0.05, 0) is 36.1 Å². The molecule has 0 spiro atoms. The average molecular weight is 497 g/mol. The topological polar surface area (TPSA) is 89.5 Å². The molecule has 1 aromatic heterocycles. The largest absolute Gasteiger partial charge is 0.573 e. The monoisotopic (exact) mass is 497 g/mol. The number of nitrogens with zero attached hydrogens (tertiary/aromatic N) is 3. The molecule has 1 amide bonds. The van der Waals surface area contributed by atoms with E-state index in [-0.39, 0.29) is 22.9 Å². The van der Waals surface area contributed by atoms with Crippen LogP contribution in [0.5, 0.6) is 5.75 Å². The third-order valence-electron chi connectivity index (χ3n) is 5.92. The molecule has 36 heavy (non-hydrogen) atoms. The van der Waals surface area contributed by atoms with Crippen LogP contribution in [-0.4, -0.2) is 33.8 Å². The number of rotatable bonds is 6. The van der Waals surface area contributed by atoms with E-state index in [4.69, 9.17) is 0 Å². The second-order valence-electron chi connectivity index (χ2n) is 8.74. The van der Waals surface area contributed by atoms with Crippen molar-refractivity contribution in [3.63, 3.8) is 0 Å².